The van der Waals surface area contributed by atoms with Crippen molar-refractivity contribution in [3.8, 4) is 0 Å². The summed E-state index contributed by atoms with van der Waals surface area (Å²) in [5, 5.41) is 0. The van der Waals surface area contributed by atoms with Crippen molar-refractivity contribution < 1.29 is 38.4 Å². The molecule has 0 bridgehead atoms. The Kier molecular flexibility index (Phi) is 26.2. The second-order valence-electron chi connectivity index (χ2n) is 29.4. The molecule has 13 rings (SSSR count). The maximum atomic E-state index is 14.1. The lowest BCUT2D eigenvalue weighted by Gasteiger charge is -2.43. The summed E-state index contributed by atoms with van der Waals surface area (Å²) in [4.78, 5) is 118. The third-order valence-corrected chi connectivity index (χ3v) is 21.6. The van der Waals surface area contributed by atoms with E-state index in [4.69, 9.17) is 0 Å². The highest BCUT2D eigenvalue weighted by molar-refractivity contribution is 6.05. The molecule has 107 heavy (non-hydrogen) atoms. The Morgan fingerprint density at radius 3 is 0.813 bits per heavy atom. The third kappa shape index (κ3) is 19.2. The largest absolute Gasteiger partial charge is 0.348 e. The predicted molar refractivity (Wildman–Crippen MR) is 424 cm³/mol. The van der Waals surface area contributed by atoms with Crippen LogP contribution in [0.4, 0.5) is 0 Å². The van der Waals surface area contributed by atoms with E-state index in [1.165, 1.54) is 16.7 Å². The lowest BCUT2D eigenvalue weighted by Crippen LogP contribution is -2.52. The van der Waals surface area contributed by atoms with E-state index in [2.05, 4.69) is 49.1 Å². The van der Waals surface area contributed by atoms with Gasteiger partial charge in [-0.05, 0) is 61.1 Å². The van der Waals surface area contributed by atoms with Crippen molar-refractivity contribution in [2.45, 2.75) is 52.0 Å². The molecule has 10 aromatic carbocycles. The van der Waals surface area contributed by atoms with Gasteiger partial charge in [0.25, 0.3) is 0 Å². The number of rotatable bonds is 21. The van der Waals surface area contributed by atoms with E-state index in [0.717, 1.165) is 27.8 Å². The summed E-state index contributed by atoms with van der Waals surface area (Å²) >= 11 is 0. The van der Waals surface area contributed by atoms with Crippen LogP contribution in [0.25, 0.3) is 0 Å². The summed E-state index contributed by atoms with van der Waals surface area (Å²) in [6.07, 6.45) is 0. The van der Waals surface area contributed by atoms with Crippen LogP contribution in [0.3, 0.4) is 0 Å². The smallest absolute Gasteiger partial charge is 0.236 e. The number of nitrogens with zero attached hydrogens (tertiary/aromatic N) is 5. The average molecular weight is 1420 g/mol. The van der Waals surface area contributed by atoms with Crippen molar-refractivity contribution in [1.82, 2.24) is 24.5 Å². The molecule has 2 amide bonds. The van der Waals surface area contributed by atoms with Crippen molar-refractivity contribution in [3.63, 3.8) is 0 Å². The van der Waals surface area contributed by atoms with Gasteiger partial charge in [-0.1, -0.05) is 290 Å². The molecular weight excluding hydrogens is 1330 g/mol. The molecule has 0 radical (unpaired) electrons. The molecule has 0 aliphatic carbocycles. The number of Topliss-reactive ketones (excluding diaryl/α,β-unsaturated/α-hetero) is 6. The summed E-state index contributed by atoms with van der Waals surface area (Å²) in [5.74, 6) is -3.14. The number of amides is 2. The van der Waals surface area contributed by atoms with Gasteiger partial charge in [0, 0.05) is 161 Å². The summed E-state index contributed by atoms with van der Waals surface area (Å²) in [7, 11) is 6.89. The predicted octanol–water partition coefficient (Wildman–Crippen LogP) is 15.9. The Balaban J connectivity index is 0.000000160. The van der Waals surface area contributed by atoms with E-state index in [9.17, 15) is 38.4 Å². The molecule has 0 saturated carbocycles. The highest BCUT2D eigenvalue weighted by Crippen LogP contribution is 2.45. The molecule has 3 heterocycles. The first-order valence-electron chi connectivity index (χ1n) is 37.1. The molecule has 3 saturated heterocycles. The fraction of sp³-hybridized carbons (Fsp3) is 0.277. The Bertz CT molecular complexity index is 4280. The van der Waals surface area contributed by atoms with E-state index in [1.54, 1.807) is 38.0 Å². The van der Waals surface area contributed by atoms with Crippen molar-refractivity contribution in [1.29, 1.82) is 0 Å². The number of hydrogen-bond donors (Lipinski definition) is 0. The maximum Gasteiger partial charge on any atom is 0.236 e. The molecular formula is C94H97N5O8. The van der Waals surface area contributed by atoms with Crippen LogP contribution < -0.4 is 0 Å². The van der Waals surface area contributed by atoms with Gasteiger partial charge in [-0.15, -0.1) is 0 Å². The number of piperidine rings is 3. The van der Waals surface area contributed by atoms with Gasteiger partial charge in [0.2, 0.25) is 11.8 Å². The number of benzene rings is 10. The molecule has 0 aromatic heterocycles. The van der Waals surface area contributed by atoms with Crippen LogP contribution in [0.15, 0.2) is 279 Å². The zero-order valence-electron chi connectivity index (χ0n) is 62.6. The minimum atomic E-state index is -0.457. The van der Waals surface area contributed by atoms with Crippen molar-refractivity contribution in [2.24, 2.45) is 35.5 Å². The fourth-order valence-electron chi connectivity index (χ4n) is 15.8. The Hall–Kier alpha value is -11.0. The van der Waals surface area contributed by atoms with Crippen LogP contribution in [0.1, 0.15) is 124 Å². The van der Waals surface area contributed by atoms with E-state index in [1.807, 2.05) is 272 Å². The first-order chi connectivity index (χ1) is 51.7. The molecule has 0 N–H and O–H groups in total. The van der Waals surface area contributed by atoms with Gasteiger partial charge in [-0.3, -0.25) is 53.1 Å². The van der Waals surface area contributed by atoms with Gasteiger partial charge in [0.1, 0.15) is 0 Å². The molecule has 13 nitrogen and oxygen atoms in total. The number of hydrogen-bond acceptors (Lipinski definition) is 11. The Morgan fingerprint density at radius 1 is 0.290 bits per heavy atom. The monoisotopic (exact) mass is 1420 g/mol. The highest BCUT2D eigenvalue weighted by atomic mass is 16.2. The van der Waals surface area contributed by atoms with Crippen molar-refractivity contribution >= 4 is 46.5 Å². The third-order valence-electron chi connectivity index (χ3n) is 21.6. The van der Waals surface area contributed by atoms with Gasteiger partial charge < -0.3 is 9.80 Å². The normalized spacial score (nSPS) is 19.1. The van der Waals surface area contributed by atoms with E-state index < -0.39 is 23.7 Å². The zero-order valence-corrected chi connectivity index (χ0v) is 62.6. The number of carbonyl (C=O) groups excluding carboxylic acids is 8. The molecule has 0 spiro atoms. The minimum absolute atomic E-state index is 0.00374. The van der Waals surface area contributed by atoms with Crippen LogP contribution >= 0.6 is 0 Å². The summed E-state index contributed by atoms with van der Waals surface area (Å²) in [6, 6.07) is 89.0. The van der Waals surface area contributed by atoms with E-state index in [0.29, 0.717) is 79.2 Å². The van der Waals surface area contributed by atoms with Crippen molar-refractivity contribution in [3.05, 3.63) is 357 Å². The first-order valence-corrected chi connectivity index (χ1v) is 37.1. The molecule has 3 fully saturated rings. The summed E-state index contributed by atoms with van der Waals surface area (Å²) in [5.41, 5.74) is 12.8. The minimum Gasteiger partial charge on any atom is -0.348 e. The van der Waals surface area contributed by atoms with Crippen LogP contribution in [0, 0.1) is 63.2 Å². The topological polar surface area (TPSA) is 153 Å². The van der Waals surface area contributed by atoms with Crippen LogP contribution in [0.5, 0.6) is 0 Å². The Morgan fingerprint density at radius 2 is 0.542 bits per heavy atom. The van der Waals surface area contributed by atoms with Gasteiger partial charge in [0.05, 0.1) is 13.1 Å². The maximum absolute atomic E-state index is 14.1. The Labute approximate surface area is 630 Å². The van der Waals surface area contributed by atoms with Gasteiger partial charge >= 0.3 is 0 Å². The van der Waals surface area contributed by atoms with Gasteiger partial charge in [-0.25, -0.2) is 0 Å². The molecule has 3 aliphatic rings. The number of carbonyl (C=O) groups is 8. The molecule has 13 heteroatoms. The van der Waals surface area contributed by atoms with Gasteiger partial charge in [0.15, 0.2) is 34.7 Å². The number of likely N-dealkylation sites (tertiary alicyclic amines) is 3. The molecule has 546 valence electrons. The quantitative estimate of drug-likeness (QED) is 0.0632. The van der Waals surface area contributed by atoms with Crippen LogP contribution in [-0.2, 0) is 16.1 Å². The number of likely N-dealkylation sites (N-methyl/N-ethyl adjacent to an activating group) is 2. The van der Waals surface area contributed by atoms with Gasteiger partial charge in [-0.2, -0.15) is 0 Å². The second-order valence-corrected chi connectivity index (χ2v) is 29.4. The molecule has 10 aromatic rings. The van der Waals surface area contributed by atoms with Crippen LogP contribution in [-0.4, -0.2) is 152 Å². The summed E-state index contributed by atoms with van der Waals surface area (Å²) in [6.45, 7) is 12.2. The zero-order chi connectivity index (χ0) is 75.7. The number of aryl methyl sites for hydroxylation is 3. The second kappa shape index (κ2) is 36.4. The van der Waals surface area contributed by atoms with E-state index in [-0.39, 0.29) is 89.2 Å². The molecule has 3 aliphatic heterocycles. The highest BCUT2D eigenvalue weighted by Gasteiger charge is 2.49. The lowest BCUT2D eigenvalue weighted by molar-refractivity contribution is -0.131. The first kappa shape index (κ1) is 77.1. The fourth-order valence-corrected chi connectivity index (χ4v) is 15.8. The van der Waals surface area contributed by atoms with E-state index >= 15 is 0 Å². The molecule has 7 atom stereocenters. The average Bonchev–Trinajstić information content (AvgIpc) is 0.775. The van der Waals surface area contributed by atoms with Crippen LogP contribution in [0.2, 0.25) is 0 Å². The SMILES string of the molecule is Cc1ccc(C2[C@@H](C(=O)c3ccccc3)CN(CC(=O)N(C)C)C[C@@H]2C(=O)c2ccccc2)cc1.Cc1ccc([C@@H]2[C@@H](C(=O)c3ccccc3)CN(CC(=O)N(C)C)C[C@H]2C(=O)c2ccccc2)cc1.Cc1cccc(C2[C@@H](C(=O)c3ccccc3)CN(Cc3ccccc3)C[C@@H]2C(=O)c2ccccc2)c1C. The summed E-state index contributed by atoms with van der Waals surface area (Å²) < 4.78 is 0. The number of ketones is 6. The van der Waals surface area contributed by atoms with Crippen molar-refractivity contribution in [2.75, 3.05) is 80.5 Å². The standard InChI is InChI=1S/C34H33NO2.2C30H32N2O3/c1-24-13-12-20-29(25(24)2)32-30(33(36)27-16-8-4-9-17-27)22-35(21-26-14-6-3-7-15-26)23-31(32)34(37)28-18-10-5-11-19-28;2*1-21-14-16-22(17-15-21)28-25(29(34)23-10-6-4-7-11-23)18-32(20-27(33)31(2)3)19-26(28)30(35)24-12-8-5-9-13-24/h3-20,30-32H,21-23H2,1-2H3;2*4-17,25-26,28H,18-20H2,1-3H3/t30-,31-;25-,26+,28+;25-,26-/m0.0/s1. The lowest BCUT2D eigenvalue weighted by atomic mass is 9.67. The molecule has 0 unspecified atom stereocenters.